The summed E-state index contributed by atoms with van der Waals surface area (Å²) in [6, 6.07) is 4.60. The number of fused-ring (bicyclic) bond motifs is 1. The molecule has 2 heterocycles. The van der Waals surface area contributed by atoms with Gasteiger partial charge in [0, 0.05) is 5.56 Å². The van der Waals surface area contributed by atoms with Crippen LogP contribution in [0.5, 0.6) is 5.75 Å². The minimum atomic E-state index is -0.651. The van der Waals surface area contributed by atoms with Gasteiger partial charge in [0.25, 0.3) is 11.5 Å². The van der Waals surface area contributed by atoms with Gasteiger partial charge >= 0.3 is 0 Å². The molecule has 2 aromatic rings. The maximum absolute atomic E-state index is 12.3. The number of aromatic nitrogens is 2. The van der Waals surface area contributed by atoms with Gasteiger partial charge in [-0.3, -0.25) is 14.4 Å². The molecule has 0 aliphatic carbocycles. The maximum atomic E-state index is 12.3. The largest absolute Gasteiger partial charge is 0.482 e. The van der Waals surface area contributed by atoms with Gasteiger partial charge in [-0.2, -0.15) is 5.10 Å². The van der Waals surface area contributed by atoms with E-state index < -0.39 is 5.56 Å². The van der Waals surface area contributed by atoms with E-state index in [9.17, 15) is 14.4 Å². The summed E-state index contributed by atoms with van der Waals surface area (Å²) in [5, 5.41) is 6.21. The Bertz CT molecular complexity index is 879. The van der Waals surface area contributed by atoms with Crippen molar-refractivity contribution in [2.75, 3.05) is 11.9 Å². The number of nitrogens with zero attached hydrogens (tertiary/aromatic N) is 2. The third kappa shape index (κ3) is 3.06. The van der Waals surface area contributed by atoms with E-state index in [1.54, 1.807) is 12.1 Å². The van der Waals surface area contributed by atoms with Gasteiger partial charge in [0.15, 0.2) is 12.4 Å². The van der Waals surface area contributed by atoms with Gasteiger partial charge in [-0.25, -0.2) is 4.68 Å². The standard InChI is InChI=1S/C14H9Cl2N3O4/c15-8-4-17-19(14(22)13(8)16)5-10(20)7-1-2-11-9(3-7)18-12(21)6-23-11/h1-4H,5-6H2,(H,18,21). The summed E-state index contributed by atoms with van der Waals surface area (Å²) in [5.74, 6) is -0.198. The zero-order valence-corrected chi connectivity index (χ0v) is 13.0. The highest BCUT2D eigenvalue weighted by Crippen LogP contribution is 2.28. The molecule has 1 aromatic heterocycles. The molecule has 0 fully saturated rings. The average molecular weight is 354 g/mol. The summed E-state index contributed by atoms with van der Waals surface area (Å²) in [7, 11) is 0. The van der Waals surface area contributed by atoms with Crippen molar-refractivity contribution >= 4 is 40.6 Å². The molecule has 1 aliphatic heterocycles. The Morgan fingerprint density at radius 3 is 2.91 bits per heavy atom. The van der Waals surface area contributed by atoms with E-state index in [0.717, 1.165) is 4.68 Å². The summed E-state index contributed by atoms with van der Waals surface area (Å²) >= 11 is 11.4. The monoisotopic (exact) mass is 353 g/mol. The van der Waals surface area contributed by atoms with Crippen LogP contribution in [0.1, 0.15) is 10.4 Å². The molecule has 0 atom stereocenters. The first-order valence-electron chi connectivity index (χ1n) is 6.46. The number of ether oxygens (including phenoxy) is 1. The lowest BCUT2D eigenvalue weighted by Gasteiger charge is -2.18. The molecule has 0 spiro atoms. The fourth-order valence-corrected chi connectivity index (χ4v) is 2.31. The van der Waals surface area contributed by atoms with E-state index in [0.29, 0.717) is 17.0 Å². The first-order valence-corrected chi connectivity index (χ1v) is 7.22. The molecule has 1 amide bonds. The smallest absolute Gasteiger partial charge is 0.287 e. The van der Waals surface area contributed by atoms with Crippen LogP contribution in [0, 0.1) is 0 Å². The van der Waals surface area contributed by atoms with Gasteiger partial charge in [-0.1, -0.05) is 23.2 Å². The highest BCUT2D eigenvalue weighted by molar-refractivity contribution is 6.41. The summed E-state index contributed by atoms with van der Waals surface area (Å²) in [5.41, 5.74) is 0.0537. The van der Waals surface area contributed by atoms with Crippen LogP contribution >= 0.6 is 23.2 Å². The van der Waals surface area contributed by atoms with Gasteiger partial charge in [0.05, 0.1) is 16.9 Å². The zero-order chi connectivity index (χ0) is 16.6. The molecule has 1 aliphatic rings. The molecule has 0 saturated heterocycles. The lowest BCUT2D eigenvalue weighted by Crippen LogP contribution is -2.28. The van der Waals surface area contributed by atoms with Crippen LogP contribution in [0.2, 0.25) is 10.0 Å². The zero-order valence-electron chi connectivity index (χ0n) is 11.5. The van der Waals surface area contributed by atoms with Gasteiger partial charge in [-0.15, -0.1) is 0 Å². The van der Waals surface area contributed by atoms with Crippen LogP contribution in [-0.4, -0.2) is 28.1 Å². The quantitative estimate of drug-likeness (QED) is 0.849. The minimum Gasteiger partial charge on any atom is -0.482 e. The summed E-state index contributed by atoms with van der Waals surface area (Å²) in [6.45, 7) is -0.369. The number of hydrogen-bond acceptors (Lipinski definition) is 5. The molecule has 0 radical (unpaired) electrons. The van der Waals surface area contributed by atoms with Crippen LogP contribution in [0.4, 0.5) is 5.69 Å². The number of Topliss-reactive ketones (excluding diaryl/α,β-unsaturated/α-hetero) is 1. The Morgan fingerprint density at radius 2 is 2.13 bits per heavy atom. The van der Waals surface area contributed by atoms with Crippen molar-refractivity contribution < 1.29 is 14.3 Å². The molecular weight excluding hydrogens is 345 g/mol. The van der Waals surface area contributed by atoms with Crippen molar-refractivity contribution in [3.05, 3.63) is 50.4 Å². The molecular formula is C14H9Cl2N3O4. The third-order valence-corrected chi connectivity index (χ3v) is 3.92. The fourth-order valence-electron chi connectivity index (χ4n) is 2.04. The molecule has 0 saturated carbocycles. The van der Waals surface area contributed by atoms with Crippen molar-refractivity contribution in [3.63, 3.8) is 0 Å². The number of hydrogen-bond donors (Lipinski definition) is 1. The molecule has 3 rings (SSSR count). The van der Waals surface area contributed by atoms with Crippen molar-refractivity contribution in [1.82, 2.24) is 9.78 Å². The van der Waals surface area contributed by atoms with Gasteiger partial charge in [0.2, 0.25) is 0 Å². The Morgan fingerprint density at radius 1 is 1.35 bits per heavy atom. The summed E-state index contributed by atoms with van der Waals surface area (Å²) < 4.78 is 6.14. The van der Waals surface area contributed by atoms with E-state index in [1.807, 2.05) is 0 Å². The number of ketones is 1. The van der Waals surface area contributed by atoms with Crippen LogP contribution in [0.3, 0.4) is 0 Å². The molecule has 118 valence electrons. The normalized spacial score (nSPS) is 13.0. The second-order valence-electron chi connectivity index (χ2n) is 4.74. The van der Waals surface area contributed by atoms with Crippen molar-refractivity contribution in [2.24, 2.45) is 0 Å². The lowest BCUT2D eigenvalue weighted by atomic mass is 10.1. The topological polar surface area (TPSA) is 90.3 Å². The Hall–Kier alpha value is -2.38. The molecule has 0 unspecified atom stereocenters. The number of carbonyl (C=O) groups excluding carboxylic acids is 2. The van der Waals surface area contributed by atoms with Crippen molar-refractivity contribution in [3.8, 4) is 5.75 Å². The Labute approximate surface area is 139 Å². The summed E-state index contributed by atoms with van der Waals surface area (Å²) in [4.78, 5) is 35.5. The third-order valence-electron chi connectivity index (χ3n) is 3.17. The second-order valence-corrected chi connectivity index (χ2v) is 5.53. The molecule has 0 bridgehead atoms. The highest BCUT2D eigenvalue weighted by Gasteiger charge is 2.19. The van der Waals surface area contributed by atoms with Crippen molar-refractivity contribution in [1.29, 1.82) is 0 Å². The SMILES string of the molecule is O=C1COc2ccc(C(=O)Cn3ncc(Cl)c(Cl)c3=O)cc2N1. The molecule has 23 heavy (non-hydrogen) atoms. The van der Waals surface area contributed by atoms with E-state index in [1.165, 1.54) is 12.3 Å². The highest BCUT2D eigenvalue weighted by atomic mass is 35.5. The van der Waals surface area contributed by atoms with Gasteiger partial charge < -0.3 is 10.1 Å². The number of rotatable bonds is 3. The number of benzene rings is 1. The van der Waals surface area contributed by atoms with Crippen LogP contribution in [0.15, 0.2) is 29.2 Å². The molecule has 9 heteroatoms. The number of halogens is 2. The first-order chi connectivity index (χ1) is 11.0. The molecule has 1 N–H and O–H groups in total. The first kappa shape index (κ1) is 15.5. The number of carbonyl (C=O) groups is 2. The minimum absolute atomic E-state index is 0.0222. The number of anilines is 1. The number of nitrogens with one attached hydrogen (secondary N) is 1. The van der Waals surface area contributed by atoms with E-state index in [2.05, 4.69) is 10.4 Å². The predicted molar refractivity (Wildman–Crippen MR) is 83.4 cm³/mol. The van der Waals surface area contributed by atoms with Crippen LogP contribution < -0.4 is 15.6 Å². The molecule has 1 aromatic carbocycles. The van der Waals surface area contributed by atoms with Gasteiger partial charge in [-0.05, 0) is 18.2 Å². The Kier molecular flexibility index (Phi) is 4.06. The van der Waals surface area contributed by atoms with Crippen LogP contribution in [-0.2, 0) is 11.3 Å². The Balaban J connectivity index is 1.87. The van der Waals surface area contributed by atoms with E-state index >= 15 is 0 Å². The van der Waals surface area contributed by atoms with E-state index in [-0.39, 0.29) is 34.9 Å². The molecule has 7 nitrogen and oxygen atoms in total. The van der Waals surface area contributed by atoms with Crippen LogP contribution in [0.25, 0.3) is 0 Å². The number of amides is 1. The lowest BCUT2D eigenvalue weighted by molar-refractivity contribution is -0.118. The fraction of sp³-hybridized carbons (Fsp3) is 0.143. The van der Waals surface area contributed by atoms with Gasteiger partial charge in [0.1, 0.15) is 17.3 Å². The predicted octanol–water partition coefficient (Wildman–Crippen LogP) is 1.76. The maximum Gasteiger partial charge on any atom is 0.287 e. The summed E-state index contributed by atoms with van der Waals surface area (Å²) in [6.07, 6.45) is 1.19. The van der Waals surface area contributed by atoms with Crippen molar-refractivity contribution in [2.45, 2.75) is 6.54 Å². The second kappa shape index (κ2) is 6.02. The van der Waals surface area contributed by atoms with E-state index in [4.69, 9.17) is 27.9 Å². The average Bonchev–Trinajstić information content (AvgIpc) is 2.54.